The predicted molar refractivity (Wildman–Crippen MR) is 67.0 cm³/mol. The molecule has 0 aliphatic carbocycles. The second kappa shape index (κ2) is 5.86. The molecule has 1 aliphatic heterocycles. The molecule has 1 rings (SSSR count). The fourth-order valence-electron chi connectivity index (χ4n) is 2.14. The standard InChI is InChI=1S/C13H29N2/c1-13(2)7-11-15(3,4)12-10-14-8-5-6-9-14/h13H,5-12H2,1-4H3/q+1. The monoisotopic (exact) mass is 213 g/mol. The van der Waals surface area contributed by atoms with Crippen LogP contribution in [0.2, 0.25) is 0 Å². The third-order valence-electron chi connectivity index (χ3n) is 3.53. The predicted octanol–water partition coefficient (Wildman–Crippen LogP) is 2.20. The van der Waals surface area contributed by atoms with Gasteiger partial charge in [0, 0.05) is 6.54 Å². The number of hydrogen-bond donors (Lipinski definition) is 0. The molecular weight excluding hydrogens is 184 g/mol. The van der Waals surface area contributed by atoms with Crippen LogP contribution in [0, 0.1) is 5.92 Å². The van der Waals surface area contributed by atoms with E-state index in [4.69, 9.17) is 0 Å². The zero-order chi connectivity index (χ0) is 11.3. The molecule has 0 spiro atoms. The number of quaternary nitrogens is 1. The lowest BCUT2D eigenvalue weighted by Crippen LogP contribution is -2.45. The van der Waals surface area contributed by atoms with Crippen LogP contribution >= 0.6 is 0 Å². The molecule has 0 aromatic rings. The summed E-state index contributed by atoms with van der Waals surface area (Å²) in [5, 5.41) is 0. The minimum Gasteiger partial charge on any atom is -0.327 e. The number of rotatable bonds is 6. The largest absolute Gasteiger partial charge is 0.327 e. The van der Waals surface area contributed by atoms with Crippen LogP contribution in [-0.2, 0) is 0 Å². The van der Waals surface area contributed by atoms with E-state index >= 15 is 0 Å². The molecule has 1 saturated heterocycles. The van der Waals surface area contributed by atoms with Gasteiger partial charge in [0.25, 0.3) is 0 Å². The van der Waals surface area contributed by atoms with E-state index in [1.165, 1.54) is 56.5 Å². The fourth-order valence-corrected chi connectivity index (χ4v) is 2.14. The van der Waals surface area contributed by atoms with Gasteiger partial charge in [-0.2, -0.15) is 0 Å². The minimum absolute atomic E-state index is 0.842. The van der Waals surface area contributed by atoms with E-state index in [2.05, 4.69) is 32.8 Å². The van der Waals surface area contributed by atoms with Crippen LogP contribution in [0.25, 0.3) is 0 Å². The SMILES string of the molecule is CC(C)CC[N+](C)(C)CCN1CCCC1. The maximum absolute atomic E-state index is 2.62. The Kier molecular flexibility index (Phi) is 5.07. The normalized spacial score (nSPS) is 19.0. The maximum atomic E-state index is 2.62. The number of likely N-dealkylation sites (tertiary alicyclic amines) is 1. The third-order valence-corrected chi connectivity index (χ3v) is 3.53. The van der Waals surface area contributed by atoms with Crippen LogP contribution in [0.1, 0.15) is 33.1 Å². The Labute approximate surface area is 95.8 Å². The molecule has 0 radical (unpaired) electrons. The number of nitrogens with zero attached hydrogens (tertiary/aromatic N) is 2. The summed E-state index contributed by atoms with van der Waals surface area (Å²) in [6, 6.07) is 0. The first kappa shape index (κ1) is 13.0. The van der Waals surface area contributed by atoms with Crippen molar-refractivity contribution in [3.8, 4) is 0 Å². The summed E-state index contributed by atoms with van der Waals surface area (Å²) >= 11 is 0. The van der Waals surface area contributed by atoms with E-state index in [9.17, 15) is 0 Å². The van der Waals surface area contributed by atoms with Crippen molar-refractivity contribution in [2.75, 3.05) is 46.8 Å². The van der Waals surface area contributed by atoms with E-state index in [1.54, 1.807) is 0 Å². The van der Waals surface area contributed by atoms with Crippen LogP contribution < -0.4 is 0 Å². The number of likely N-dealkylation sites (N-methyl/N-ethyl adjacent to an activating group) is 1. The molecule has 0 saturated carbocycles. The van der Waals surface area contributed by atoms with Gasteiger partial charge in [-0.25, -0.2) is 0 Å². The fraction of sp³-hybridized carbons (Fsp3) is 1.00. The van der Waals surface area contributed by atoms with E-state index in [1.807, 2.05) is 0 Å². The van der Waals surface area contributed by atoms with Crippen molar-refractivity contribution < 1.29 is 4.48 Å². The van der Waals surface area contributed by atoms with Crippen LogP contribution in [0.4, 0.5) is 0 Å². The average molecular weight is 213 g/mol. The van der Waals surface area contributed by atoms with Crippen molar-refractivity contribution in [2.45, 2.75) is 33.1 Å². The van der Waals surface area contributed by atoms with Gasteiger partial charge in [0.2, 0.25) is 0 Å². The topological polar surface area (TPSA) is 3.24 Å². The van der Waals surface area contributed by atoms with E-state index in [0.717, 1.165) is 5.92 Å². The van der Waals surface area contributed by atoms with Gasteiger partial charge in [-0.15, -0.1) is 0 Å². The second-order valence-corrected chi connectivity index (χ2v) is 6.11. The summed E-state index contributed by atoms with van der Waals surface area (Å²) in [7, 11) is 4.75. The highest BCUT2D eigenvalue weighted by Gasteiger charge is 2.19. The van der Waals surface area contributed by atoms with Crippen molar-refractivity contribution in [3.05, 3.63) is 0 Å². The van der Waals surface area contributed by atoms with Crippen LogP contribution in [0.5, 0.6) is 0 Å². The van der Waals surface area contributed by atoms with Crippen molar-refractivity contribution in [2.24, 2.45) is 5.92 Å². The maximum Gasteiger partial charge on any atom is 0.0911 e. The molecule has 1 heterocycles. The lowest BCUT2D eigenvalue weighted by atomic mass is 10.1. The Morgan fingerprint density at radius 2 is 1.67 bits per heavy atom. The third kappa shape index (κ3) is 5.53. The second-order valence-electron chi connectivity index (χ2n) is 6.11. The molecule has 0 aromatic carbocycles. The van der Waals surface area contributed by atoms with Gasteiger partial charge in [-0.1, -0.05) is 13.8 Å². The molecule has 2 heteroatoms. The highest BCUT2D eigenvalue weighted by atomic mass is 15.3. The Bertz CT molecular complexity index is 169. The molecule has 90 valence electrons. The molecule has 0 bridgehead atoms. The Morgan fingerprint density at radius 3 is 2.20 bits per heavy atom. The van der Waals surface area contributed by atoms with Gasteiger partial charge in [-0.3, -0.25) is 4.90 Å². The zero-order valence-corrected chi connectivity index (χ0v) is 11.1. The van der Waals surface area contributed by atoms with E-state index in [0.29, 0.717) is 0 Å². The summed E-state index contributed by atoms with van der Waals surface area (Å²) in [5.74, 6) is 0.842. The lowest BCUT2D eigenvalue weighted by molar-refractivity contribution is -0.890. The van der Waals surface area contributed by atoms with Crippen molar-refractivity contribution >= 4 is 0 Å². The Hall–Kier alpha value is -0.0800. The smallest absolute Gasteiger partial charge is 0.0911 e. The van der Waals surface area contributed by atoms with Gasteiger partial charge in [0.1, 0.15) is 0 Å². The van der Waals surface area contributed by atoms with E-state index in [-0.39, 0.29) is 0 Å². The molecule has 0 atom stereocenters. The molecule has 1 aliphatic rings. The first-order valence-electron chi connectivity index (χ1n) is 6.54. The molecule has 2 nitrogen and oxygen atoms in total. The minimum atomic E-state index is 0.842. The van der Waals surface area contributed by atoms with E-state index < -0.39 is 0 Å². The molecule has 0 aromatic heterocycles. The first-order valence-corrected chi connectivity index (χ1v) is 6.54. The van der Waals surface area contributed by atoms with Crippen molar-refractivity contribution in [3.63, 3.8) is 0 Å². The van der Waals surface area contributed by atoms with Crippen LogP contribution in [-0.4, -0.2) is 56.2 Å². The number of hydrogen-bond acceptors (Lipinski definition) is 1. The zero-order valence-electron chi connectivity index (χ0n) is 11.1. The van der Waals surface area contributed by atoms with Gasteiger partial charge in [0.05, 0.1) is 27.2 Å². The van der Waals surface area contributed by atoms with Gasteiger partial charge >= 0.3 is 0 Å². The summed E-state index contributed by atoms with van der Waals surface area (Å²) in [6.45, 7) is 11.2. The van der Waals surface area contributed by atoms with Crippen LogP contribution in [0.15, 0.2) is 0 Å². The first-order chi connectivity index (χ1) is 6.99. The summed E-state index contributed by atoms with van der Waals surface area (Å²) in [6.07, 6.45) is 4.19. The Balaban J connectivity index is 2.16. The molecule has 1 fully saturated rings. The molecule has 0 unspecified atom stereocenters. The highest BCUT2D eigenvalue weighted by molar-refractivity contribution is 4.65. The Morgan fingerprint density at radius 1 is 1.07 bits per heavy atom. The van der Waals surface area contributed by atoms with Gasteiger partial charge in [-0.05, 0) is 38.3 Å². The molecule has 0 amide bonds. The summed E-state index contributed by atoms with van der Waals surface area (Å²) in [4.78, 5) is 2.62. The van der Waals surface area contributed by atoms with Crippen LogP contribution in [0.3, 0.4) is 0 Å². The van der Waals surface area contributed by atoms with Gasteiger partial charge < -0.3 is 4.48 Å². The van der Waals surface area contributed by atoms with Gasteiger partial charge in [0.15, 0.2) is 0 Å². The molecule has 0 N–H and O–H groups in total. The van der Waals surface area contributed by atoms with Crippen molar-refractivity contribution in [1.29, 1.82) is 0 Å². The van der Waals surface area contributed by atoms with Crippen molar-refractivity contribution in [1.82, 2.24) is 4.90 Å². The lowest BCUT2D eigenvalue weighted by Gasteiger charge is -2.32. The summed E-state index contributed by atoms with van der Waals surface area (Å²) in [5.41, 5.74) is 0. The highest BCUT2D eigenvalue weighted by Crippen LogP contribution is 2.10. The summed E-state index contributed by atoms with van der Waals surface area (Å²) < 4.78 is 1.19. The molecule has 15 heavy (non-hydrogen) atoms. The average Bonchev–Trinajstić information content (AvgIpc) is 2.65. The molecular formula is C13H29N2+. The quantitative estimate of drug-likeness (QED) is 0.612.